The van der Waals surface area contributed by atoms with Gasteiger partial charge in [0.1, 0.15) is 0 Å². The lowest BCUT2D eigenvalue weighted by atomic mass is 9.99. The number of rotatable bonds is 5. The average molecular weight is 194 g/mol. The molecule has 0 spiro atoms. The van der Waals surface area contributed by atoms with Gasteiger partial charge in [-0.25, -0.2) is 0 Å². The minimum atomic E-state index is 0.638. The summed E-state index contributed by atoms with van der Waals surface area (Å²) < 4.78 is 2.15. The predicted octanol–water partition coefficient (Wildman–Crippen LogP) is 3.37. The lowest BCUT2D eigenvalue weighted by Crippen LogP contribution is -2.07. The molecule has 1 aromatic heterocycles. The molecule has 1 unspecified atom stereocenters. The number of nitrogens with zero attached hydrogens (tertiary/aromatic N) is 2. The Morgan fingerprint density at radius 3 is 2.57 bits per heavy atom. The lowest BCUT2D eigenvalue weighted by Gasteiger charge is -2.13. The van der Waals surface area contributed by atoms with E-state index in [9.17, 15) is 0 Å². The summed E-state index contributed by atoms with van der Waals surface area (Å²) in [6.07, 6.45) is 5.62. The summed E-state index contributed by atoms with van der Waals surface area (Å²) in [6.45, 7) is 9.91. The Morgan fingerprint density at radius 2 is 2.07 bits per heavy atom. The number of hydrogen-bond donors (Lipinski definition) is 0. The highest BCUT2D eigenvalue weighted by molar-refractivity contribution is 5.21. The van der Waals surface area contributed by atoms with Gasteiger partial charge in [-0.05, 0) is 31.2 Å². The number of hydrogen-bond acceptors (Lipinski definition) is 1. The highest BCUT2D eigenvalue weighted by atomic mass is 15.3. The molecule has 1 atom stereocenters. The second kappa shape index (κ2) is 5.18. The van der Waals surface area contributed by atoms with Crippen molar-refractivity contribution in [3.8, 4) is 0 Å². The van der Waals surface area contributed by atoms with Crippen LogP contribution in [0.5, 0.6) is 0 Å². The summed E-state index contributed by atoms with van der Waals surface area (Å²) in [4.78, 5) is 0. The third-order valence-electron chi connectivity index (χ3n) is 2.86. The number of aryl methyl sites for hydroxylation is 2. The summed E-state index contributed by atoms with van der Waals surface area (Å²) in [5.41, 5.74) is 2.90. The van der Waals surface area contributed by atoms with Crippen LogP contribution in [0.3, 0.4) is 0 Å². The molecule has 0 radical (unpaired) electrons. The second-order valence-electron chi connectivity index (χ2n) is 3.93. The normalized spacial score (nSPS) is 13.1. The first kappa shape index (κ1) is 11.3. The fourth-order valence-electron chi connectivity index (χ4n) is 1.91. The molecule has 0 fully saturated rings. The van der Waals surface area contributed by atoms with E-state index in [1.54, 1.807) is 0 Å². The summed E-state index contributed by atoms with van der Waals surface area (Å²) in [6, 6.07) is 0. The van der Waals surface area contributed by atoms with Crippen LogP contribution in [0, 0.1) is 0 Å². The minimum absolute atomic E-state index is 0.638. The molecule has 2 heteroatoms. The first-order valence-electron chi connectivity index (χ1n) is 5.79. The van der Waals surface area contributed by atoms with Crippen molar-refractivity contribution in [3.05, 3.63) is 17.5 Å². The molecule has 80 valence electrons. The predicted molar refractivity (Wildman–Crippen MR) is 60.6 cm³/mol. The molecule has 0 aromatic carbocycles. The van der Waals surface area contributed by atoms with Gasteiger partial charge in [0.05, 0.1) is 6.20 Å². The zero-order chi connectivity index (χ0) is 10.6. The van der Waals surface area contributed by atoms with Gasteiger partial charge in [0.25, 0.3) is 0 Å². The lowest BCUT2D eigenvalue weighted by molar-refractivity contribution is 0.569. The third-order valence-corrected chi connectivity index (χ3v) is 2.86. The van der Waals surface area contributed by atoms with E-state index in [4.69, 9.17) is 0 Å². The SMILES string of the molecule is CCCc1cnn(CC)c1C(C)CC. The van der Waals surface area contributed by atoms with E-state index in [0.717, 1.165) is 6.54 Å². The van der Waals surface area contributed by atoms with Crippen molar-refractivity contribution >= 4 is 0 Å². The smallest absolute Gasteiger partial charge is 0.0524 e. The highest BCUT2D eigenvalue weighted by Gasteiger charge is 2.14. The molecule has 0 N–H and O–H groups in total. The van der Waals surface area contributed by atoms with Crippen LogP contribution < -0.4 is 0 Å². The van der Waals surface area contributed by atoms with Gasteiger partial charge in [-0.15, -0.1) is 0 Å². The Labute approximate surface area is 87.3 Å². The molecule has 14 heavy (non-hydrogen) atoms. The van der Waals surface area contributed by atoms with Crippen LogP contribution in [0.4, 0.5) is 0 Å². The van der Waals surface area contributed by atoms with Crippen molar-refractivity contribution in [1.29, 1.82) is 0 Å². The zero-order valence-corrected chi connectivity index (χ0v) is 9.88. The molecule has 2 nitrogen and oxygen atoms in total. The maximum Gasteiger partial charge on any atom is 0.0524 e. The van der Waals surface area contributed by atoms with Gasteiger partial charge in [0.15, 0.2) is 0 Å². The molecule has 0 bridgehead atoms. The maximum atomic E-state index is 4.44. The number of aromatic nitrogens is 2. The molecule has 0 saturated heterocycles. The zero-order valence-electron chi connectivity index (χ0n) is 9.88. The Balaban J connectivity index is 2.99. The standard InChI is InChI=1S/C12H22N2/c1-5-8-11-9-13-14(7-3)12(11)10(4)6-2/h9-10H,5-8H2,1-4H3. The van der Waals surface area contributed by atoms with Crippen LogP contribution in [0.25, 0.3) is 0 Å². The third kappa shape index (κ3) is 2.17. The molecule has 1 heterocycles. The quantitative estimate of drug-likeness (QED) is 0.702. The van der Waals surface area contributed by atoms with Crippen LogP contribution >= 0.6 is 0 Å². The van der Waals surface area contributed by atoms with Gasteiger partial charge in [0, 0.05) is 12.2 Å². The first-order chi connectivity index (χ1) is 6.74. The largest absolute Gasteiger partial charge is 0.269 e. The van der Waals surface area contributed by atoms with E-state index < -0.39 is 0 Å². The summed E-state index contributed by atoms with van der Waals surface area (Å²) in [5.74, 6) is 0.638. The molecule has 0 aliphatic carbocycles. The Kier molecular flexibility index (Phi) is 4.18. The van der Waals surface area contributed by atoms with Crippen LogP contribution in [-0.2, 0) is 13.0 Å². The van der Waals surface area contributed by atoms with E-state index in [1.807, 2.05) is 0 Å². The molecular formula is C12H22N2. The van der Waals surface area contributed by atoms with Crippen LogP contribution in [0.1, 0.15) is 57.7 Å². The summed E-state index contributed by atoms with van der Waals surface area (Å²) in [7, 11) is 0. The first-order valence-corrected chi connectivity index (χ1v) is 5.79. The summed E-state index contributed by atoms with van der Waals surface area (Å²) >= 11 is 0. The molecule has 1 aromatic rings. The van der Waals surface area contributed by atoms with Crippen LogP contribution in [0.2, 0.25) is 0 Å². The van der Waals surface area contributed by atoms with Crippen molar-refractivity contribution in [2.24, 2.45) is 0 Å². The maximum absolute atomic E-state index is 4.44. The van der Waals surface area contributed by atoms with Gasteiger partial charge in [-0.1, -0.05) is 27.2 Å². The van der Waals surface area contributed by atoms with Gasteiger partial charge in [0.2, 0.25) is 0 Å². The molecule has 0 amide bonds. The van der Waals surface area contributed by atoms with E-state index in [1.165, 1.54) is 30.5 Å². The molecule has 0 aliphatic heterocycles. The summed E-state index contributed by atoms with van der Waals surface area (Å²) in [5, 5.41) is 4.44. The minimum Gasteiger partial charge on any atom is -0.269 e. The molecular weight excluding hydrogens is 172 g/mol. The van der Waals surface area contributed by atoms with E-state index in [-0.39, 0.29) is 0 Å². The Hall–Kier alpha value is -0.790. The Bertz CT molecular complexity index is 276. The monoisotopic (exact) mass is 194 g/mol. The van der Waals surface area contributed by atoms with Gasteiger partial charge >= 0.3 is 0 Å². The second-order valence-corrected chi connectivity index (χ2v) is 3.93. The topological polar surface area (TPSA) is 17.8 Å². The van der Waals surface area contributed by atoms with Crippen molar-refractivity contribution in [3.63, 3.8) is 0 Å². The highest BCUT2D eigenvalue weighted by Crippen LogP contribution is 2.23. The fourth-order valence-corrected chi connectivity index (χ4v) is 1.91. The average Bonchev–Trinajstić information content (AvgIpc) is 2.60. The van der Waals surface area contributed by atoms with Gasteiger partial charge in [-0.3, -0.25) is 4.68 Å². The van der Waals surface area contributed by atoms with Gasteiger partial charge in [-0.2, -0.15) is 5.10 Å². The van der Waals surface area contributed by atoms with E-state index in [2.05, 4.69) is 43.7 Å². The van der Waals surface area contributed by atoms with Crippen LogP contribution in [-0.4, -0.2) is 9.78 Å². The molecule has 0 aliphatic rings. The Morgan fingerprint density at radius 1 is 1.36 bits per heavy atom. The van der Waals surface area contributed by atoms with E-state index >= 15 is 0 Å². The van der Waals surface area contributed by atoms with E-state index in [0.29, 0.717) is 5.92 Å². The van der Waals surface area contributed by atoms with Crippen molar-refractivity contribution in [1.82, 2.24) is 9.78 Å². The van der Waals surface area contributed by atoms with Crippen molar-refractivity contribution < 1.29 is 0 Å². The van der Waals surface area contributed by atoms with Gasteiger partial charge < -0.3 is 0 Å². The fraction of sp³-hybridized carbons (Fsp3) is 0.750. The van der Waals surface area contributed by atoms with Crippen LogP contribution in [0.15, 0.2) is 6.20 Å². The van der Waals surface area contributed by atoms with Crippen molar-refractivity contribution in [2.75, 3.05) is 0 Å². The molecule has 0 saturated carbocycles. The molecule has 1 rings (SSSR count). The van der Waals surface area contributed by atoms with Crippen molar-refractivity contribution in [2.45, 2.75) is 59.4 Å².